The van der Waals surface area contributed by atoms with Gasteiger partial charge in [0.05, 0.1) is 6.61 Å². The van der Waals surface area contributed by atoms with E-state index in [1.807, 2.05) is 73.7 Å². The summed E-state index contributed by atoms with van der Waals surface area (Å²) in [6.45, 7) is 6.56. The average Bonchev–Trinajstić information content (AvgIpc) is 3.74. The van der Waals surface area contributed by atoms with Crippen LogP contribution in [0.15, 0.2) is 66.7 Å². The minimum Gasteiger partial charge on any atom is -0.444 e. The van der Waals surface area contributed by atoms with Crippen molar-refractivity contribution >= 4 is 34.4 Å². The third-order valence-corrected chi connectivity index (χ3v) is 6.61. The number of carbonyl (C=O) groups excluding carboxylic acids is 3. The fourth-order valence-corrected chi connectivity index (χ4v) is 4.54. The summed E-state index contributed by atoms with van der Waals surface area (Å²) in [7, 11) is 0. The van der Waals surface area contributed by atoms with Crippen LogP contribution in [0.5, 0.6) is 0 Å². The summed E-state index contributed by atoms with van der Waals surface area (Å²) in [5, 5.41) is 17.6. The van der Waals surface area contributed by atoms with Crippen LogP contribution < -0.4 is 10.6 Å². The number of fused-ring (bicyclic) bond motifs is 1. The summed E-state index contributed by atoms with van der Waals surface area (Å²) in [5.74, 6) is -0.909. The van der Waals surface area contributed by atoms with Crippen molar-refractivity contribution in [1.29, 1.82) is 0 Å². The molecular formula is C31H37N3O5. The van der Waals surface area contributed by atoms with Crippen molar-refractivity contribution in [2.75, 3.05) is 11.9 Å². The molecule has 0 spiro atoms. The molecule has 2 unspecified atom stereocenters. The van der Waals surface area contributed by atoms with Gasteiger partial charge < -0.3 is 25.4 Å². The van der Waals surface area contributed by atoms with Crippen molar-refractivity contribution in [1.82, 2.24) is 10.2 Å². The second-order valence-corrected chi connectivity index (χ2v) is 10.9. The lowest BCUT2D eigenvalue weighted by molar-refractivity contribution is -0.142. The molecule has 1 aliphatic carbocycles. The third kappa shape index (κ3) is 7.15. The summed E-state index contributed by atoms with van der Waals surface area (Å²) in [4.78, 5) is 41.7. The van der Waals surface area contributed by atoms with Gasteiger partial charge in [-0.1, -0.05) is 61.5 Å². The van der Waals surface area contributed by atoms with Crippen LogP contribution in [-0.4, -0.2) is 52.2 Å². The number of ether oxygens (including phenoxy) is 1. The molecule has 39 heavy (non-hydrogen) atoms. The Morgan fingerprint density at radius 2 is 1.67 bits per heavy atom. The number of aryl methyl sites for hydroxylation is 1. The van der Waals surface area contributed by atoms with Gasteiger partial charge in [-0.3, -0.25) is 9.59 Å². The lowest BCUT2D eigenvalue weighted by Gasteiger charge is -2.34. The zero-order chi connectivity index (χ0) is 28.2. The number of amides is 3. The number of aliphatic hydroxyl groups excluding tert-OH is 1. The maximum atomic E-state index is 13.9. The zero-order valence-electron chi connectivity index (χ0n) is 22.9. The lowest BCUT2D eigenvalue weighted by Crippen LogP contribution is -2.54. The number of benzene rings is 3. The molecule has 3 amide bonds. The Bertz CT molecular complexity index is 1330. The highest BCUT2D eigenvalue weighted by molar-refractivity contribution is 6.00. The molecular weight excluding hydrogens is 494 g/mol. The normalized spacial score (nSPS) is 14.8. The molecule has 1 saturated carbocycles. The third-order valence-electron chi connectivity index (χ3n) is 6.61. The first-order valence-electron chi connectivity index (χ1n) is 13.4. The second kappa shape index (κ2) is 11.9. The molecule has 1 aliphatic rings. The molecule has 0 saturated heterocycles. The average molecular weight is 532 g/mol. The summed E-state index contributed by atoms with van der Waals surface area (Å²) in [6.07, 6.45) is 1.48. The Morgan fingerprint density at radius 1 is 1.00 bits per heavy atom. The van der Waals surface area contributed by atoms with Gasteiger partial charge in [-0.25, -0.2) is 4.79 Å². The van der Waals surface area contributed by atoms with Crippen LogP contribution in [0.2, 0.25) is 0 Å². The van der Waals surface area contributed by atoms with E-state index in [1.165, 1.54) is 4.90 Å². The number of hydrogen-bond donors (Lipinski definition) is 3. The smallest absolute Gasteiger partial charge is 0.408 e. The predicted molar refractivity (Wildman–Crippen MR) is 151 cm³/mol. The van der Waals surface area contributed by atoms with E-state index in [1.54, 1.807) is 20.8 Å². The quantitative estimate of drug-likeness (QED) is 0.362. The largest absolute Gasteiger partial charge is 0.444 e. The van der Waals surface area contributed by atoms with E-state index in [2.05, 4.69) is 10.6 Å². The van der Waals surface area contributed by atoms with Crippen molar-refractivity contribution in [3.05, 3.63) is 77.9 Å². The molecule has 0 heterocycles. The van der Waals surface area contributed by atoms with Gasteiger partial charge in [0.15, 0.2) is 0 Å². The van der Waals surface area contributed by atoms with Crippen LogP contribution in [0.4, 0.5) is 10.5 Å². The van der Waals surface area contributed by atoms with Gasteiger partial charge in [0.1, 0.15) is 17.7 Å². The van der Waals surface area contributed by atoms with Crippen LogP contribution in [0.1, 0.15) is 57.7 Å². The van der Waals surface area contributed by atoms with E-state index in [4.69, 9.17) is 4.74 Å². The van der Waals surface area contributed by atoms with Crippen LogP contribution in [0.25, 0.3) is 10.8 Å². The minimum absolute atomic E-state index is 0.190. The summed E-state index contributed by atoms with van der Waals surface area (Å²) >= 11 is 0. The Balaban J connectivity index is 1.66. The molecule has 2 atom stereocenters. The van der Waals surface area contributed by atoms with E-state index in [0.29, 0.717) is 11.3 Å². The number of aliphatic hydroxyl groups is 1. The first-order valence-corrected chi connectivity index (χ1v) is 13.4. The molecule has 8 nitrogen and oxygen atoms in total. The zero-order valence-corrected chi connectivity index (χ0v) is 22.9. The first-order chi connectivity index (χ1) is 18.6. The van der Waals surface area contributed by atoms with Crippen LogP contribution in [0, 0.1) is 0 Å². The Kier molecular flexibility index (Phi) is 8.55. The maximum absolute atomic E-state index is 13.9. The van der Waals surface area contributed by atoms with Crippen LogP contribution >= 0.6 is 0 Å². The second-order valence-electron chi connectivity index (χ2n) is 10.9. The molecule has 3 aromatic carbocycles. The van der Waals surface area contributed by atoms with Gasteiger partial charge in [0.25, 0.3) is 5.91 Å². The predicted octanol–water partition coefficient (Wildman–Crippen LogP) is 4.96. The van der Waals surface area contributed by atoms with Gasteiger partial charge in [0.2, 0.25) is 5.91 Å². The minimum atomic E-state index is -1.26. The summed E-state index contributed by atoms with van der Waals surface area (Å²) < 4.78 is 5.30. The molecule has 0 aliphatic heterocycles. The Labute approximate surface area is 229 Å². The van der Waals surface area contributed by atoms with E-state index in [0.717, 1.165) is 35.6 Å². The molecule has 4 rings (SSSR count). The fraction of sp³-hybridized carbons (Fsp3) is 0.387. The number of nitrogens with one attached hydrogen (secondary N) is 2. The number of carbonyl (C=O) groups is 3. The van der Waals surface area contributed by atoms with Gasteiger partial charge in [-0.05, 0) is 74.1 Å². The summed E-state index contributed by atoms with van der Waals surface area (Å²) in [5.41, 5.74) is 1.60. The van der Waals surface area contributed by atoms with Gasteiger partial charge in [0, 0.05) is 11.7 Å². The Morgan fingerprint density at radius 3 is 2.26 bits per heavy atom. The molecule has 0 radical (unpaired) electrons. The molecule has 0 aromatic heterocycles. The molecule has 3 aromatic rings. The number of rotatable bonds is 9. The molecule has 0 bridgehead atoms. The highest BCUT2D eigenvalue weighted by Gasteiger charge is 2.44. The molecule has 3 N–H and O–H groups in total. The first kappa shape index (κ1) is 28.1. The number of nitrogens with zero attached hydrogens (tertiary/aromatic N) is 1. The Hall–Kier alpha value is -3.91. The molecule has 1 fully saturated rings. The lowest BCUT2D eigenvalue weighted by atomic mass is 10.00. The standard InChI is InChI=1S/C31H37N3O5/c1-5-20-10-12-22(13-11-20)27(28(36)32-24-15-14-21-8-6-7-9-23(21)18-24)34(25-16-17-25)29(37)26(19-35)33-30(38)39-31(2,3)4/h6-15,18,25-27,35H,5,16-17,19H2,1-4H3,(H,32,36)(H,33,38). The fourth-order valence-electron chi connectivity index (χ4n) is 4.54. The van der Waals surface area contributed by atoms with Gasteiger partial charge >= 0.3 is 6.09 Å². The van der Waals surface area contributed by atoms with Gasteiger partial charge in [-0.15, -0.1) is 0 Å². The molecule has 8 heteroatoms. The number of alkyl carbamates (subject to hydrolysis) is 1. The SMILES string of the molecule is CCc1ccc(C(C(=O)Nc2ccc3ccccc3c2)N(C(=O)C(CO)NC(=O)OC(C)(C)C)C2CC2)cc1. The monoisotopic (exact) mass is 531 g/mol. The highest BCUT2D eigenvalue weighted by atomic mass is 16.6. The highest BCUT2D eigenvalue weighted by Crippen LogP contribution is 2.36. The topological polar surface area (TPSA) is 108 Å². The van der Waals surface area contributed by atoms with Crippen LogP contribution in [0.3, 0.4) is 0 Å². The van der Waals surface area contributed by atoms with Gasteiger partial charge in [-0.2, -0.15) is 0 Å². The van der Waals surface area contributed by atoms with E-state index in [-0.39, 0.29) is 11.9 Å². The summed E-state index contributed by atoms with van der Waals surface area (Å²) in [6, 6.07) is 18.7. The van der Waals surface area contributed by atoms with E-state index < -0.39 is 36.3 Å². The van der Waals surface area contributed by atoms with Crippen molar-refractivity contribution in [2.45, 2.75) is 70.7 Å². The van der Waals surface area contributed by atoms with Crippen LogP contribution in [-0.2, 0) is 20.7 Å². The number of hydrogen-bond acceptors (Lipinski definition) is 5. The van der Waals surface area contributed by atoms with Crippen molar-refractivity contribution in [3.8, 4) is 0 Å². The maximum Gasteiger partial charge on any atom is 0.408 e. The van der Waals surface area contributed by atoms with Crippen molar-refractivity contribution in [3.63, 3.8) is 0 Å². The van der Waals surface area contributed by atoms with Crippen molar-refractivity contribution < 1.29 is 24.2 Å². The molecule has 206 valence electrons. The van der Waals surface area contributed by atoms with E-state index >= 15 is 0 Å². The number of anilines is 1. The van der Waals surface area contributed by atoms with E-state index in [9.17, 15) is 19.5 Å². The van der Waals surface area contributed by atoms with Crippen molar-refractivity contribution in [2.24, 2.45) is 0 Å².